The number of rotatable bonds is 6. The van der Waals surface area contributed by atoms with Crippen LogP contribution in [0.1, 0.15) is 50.4 Å². The van der Waals surface area contributed by atoms with E-state index in [1.54, 1.807) is 0 Å². The fourth-order valence-electron chi connectivity index (χ4n) is 2.78. The molecule has 0 aromatic carbocycles. The summed E-state index contributed by atoms with van der Waals surface area (Å²) in [7, 11) is 2.06. The van der Waals surface area contributed by atoms with E-state index in [0.717, 1.165) is 6.54 Å². The average Bonchev–Trinajstić information content (AvgIpc) is 2.78. The SMILES string of the molecule is CCC(CCCn1cnc2c1CCCC2)NC. The Morgan fingerprint density at radius 2 is 2.24 bits per heavy atom. The van der Waals surface area contributed by atoms with Crippen LogP contribution in [0, 0.1) is 0 Å². The molecule has 3 heteroatoms. The molecule has 0 amide bonds. The van der Waals surface area contributed by atoms with Gasteiger partial charge >= 0.3 is 0 Å². The van der Waals surface area contributed by atoms with Gasteiger partial charge in [0.25, 0.3) is 0 Å². The highest BCUT2D eigenvalue weighted by Gasteiger charge is 2.14. The Morgan fingerprint density at radius 1 is 1.41 bits per heavy atom. The summed E-state index contributed by atoms with van der Waals surface area (Å²) in [5.74, 6) is 0. The van der Waals surface area contributed by atoms with Crippen LogP contribution in [0.15, 0.2) is 6.33 Å². The summed E-state index contributed by atoms with van der Waals surface area (Å²) in [6, 6.07) is 0.675. The lowest BCUT2D eigenvalue weighted by Crippen LogP contribution is -2.24. The lowest BCUT2D eigenvalue weighted by atomic mass is 10.0. The van der Waals surface area contributed by atoms with Crippen molar-refractivity contribution >= 4 is 0 Å². The average molecular weight is 235 g/mol. The molecule has 0 bridgehead atoms. The van der Waals surface area contributed by atoms with Crippen molar-refractivity contribution in [3.63, 3.8) is 0 Å². The van der Waals surface area contributed by atoms with Crippen molar-refractivity contribution < 1.29 is 0 Å². The molecule has 0 saturated heterocycles. The van der Waals surface area contributed by atoms with Crippen molar-refractivity contribution in [1.29, 1.82) is 0 Å². The van der Waals surface area contributed by atoms with E-state index in [2.05, 4.69) is 35.2 Å². The van der Waals surface area contributed by atoms with Gasteiger partial charge in [0.05, 0.1) is 12.0 Å². The summed E-state index contributed by atoms with van der Waals surface area (Å²) >= 11 is 0. The molecule has 0 fully saturated rings. The van der Waals surface area contributed by atoms with E-state index in [0.29, 0.717) is 6.04 Å². The first-order chi connectivity index (χ1) is 8.35. The van der Waals surface area contributed by atoms with Crippen LogP contribution < -0.4 is 5.32 Å². The molecule has 1 aliphatic carbocycles. The van der Waals surface area contributed by atoms with Crippen LogP contribution in [0.25, 0.3) is 0 Å². The maximum absolute atomic E-state index is 4.54. The van der Waals surface area contributed by atoms with Gasteiger partial charge < -0.3 is 9.88 Å². The van der Waals surface area contributed by atoms with Crippen LogP contribution in [0.5, 0.6) is 0 Å². The number of nitrogens with zero attached hydrogens (tertiary/aromatic N) is 2. The molecular weight excluding hydrogens is 210 g/mol. The smallest absolute Gasteiger partial charge is 0.0951 e. The standard InChI is InChI=1S/C14H25N3/c1-3-12(15-2)7-6-10-17-11-16-13-8-4-5-9-14(13)17/h11-12,15H,3-10H2,1-2H3. The van der Waals surface area contributed by atoms with Gasteiger partial charge in [0.15, 0.2) is 0 Å². The minimum Gasteiger partial charge on any atom is -0.334 e. The number of fused-ring (bicyclic) bond motifs is 1. The summed E-state index contributed by atoms with van der Waals surface area (Å²) in [4.78, 5) is 4.54. The van der Waals surface area contributed by atoms with Crippen LogP contribution in [0.4, 0.5) is 0 Å². The fraction of sp³-hybridized carbons (Fsp3) is 0.786. The van der Waals surface area contributed by atoms with Gasteiger partial charge in [-0.05, 0) is 52.0 Å². The number of imidazole rings is 1. The van der Waals surface area contributed by atoms with Crippen LogP contribution >= 0.6 is 0 Å². The summed E-state index contributed by atoms with van der Waals surface area (Å²) in [5, 5.41) is 3.37. The van der Waals surface area contributed by atoms with Crippen molar-refractivity contribution in [3.8, 4) is 0 Å². The minimum absolute atomic E-state index is 0.675. The summed E-state index contributed by atoms with van der Waals surface area (Å²) in [6.45, 7) is 3.39. The second-order valence-electron chi connectivity index (χ2n) is 5.07. The molecule has 1 aliphatic rings. The molecule has 96 valence electrons. The molecule has 1 N–H and O–H groups in total. The summed E-state index contributed by atoms with van der Waals surface area (Å²) < 4.78 is 2.39. The van der Waals surface area contributed by atoms with Gasteiger partial charge in [-0.3, -0.25) is 0 Å². The molecule has 1 aromatic heterocycles. The predicted octanol–water partition coefficient (Wildman–Crippen LogP) is 2.54. The van der Waals surface area contributed by atoms with Gasteiger partial charge in [-0.25, -0.2) is 4.98 Å². The predicted molar refractivity (Wildman–Crippen MR) is 71.2 cm³/mol. The van der Waals surface area contributed by atoms with Gasteiger partial charge in [0, 0.05) is 18.3 Å². The Hall–Kier alpha value is -0.830. The van der Waals surface area contributed by atoms with Crippen molar-refractivity contribution in [1.82, 2.24) is 14.9 Å². The third-order valence-electron chi connectivity index (χ3n) is 3.96. The Bertz CT molecular complexity index is 339. The minimum atomic E-state index is 0.675. The number of hydrogen-bond acceptors (Lipinski definition) is 2. The largest absolute Gasteiger partial charge is 0.334 e. The third kappa shape index (κ3) is 3.09. The lowest BCUT2D eigenvalue weighted by molar-refractivity contribution is 0.463. The number of nitrogens with one attached hydrogen (secondary N) is 1. The second kappa shape index (κ2) is 6.20. The number of aryl methyl sites for hydroxylation is 2. The Labute approximate surface area is 105 Å². The van der Waals surface area contributed by atoms with Crippen LogP contribution in [-0.4, -0.2) is 22.6 Å². The van der Waals surface area contributed by atoms with Gasteiger partial charge in [0.2, 0.25) is 0 Å². The van der Waals surface area contributed by atoms with E-state index in [1.165, 1.54) is 56.3 Å². The lowest BCUT2D eigenvalue weighted by Gasteiger charge is -2.16. The van der Waals surface area contributed by atoms with Crippen molar-refractivity contribution in [2.45, 2.75) is 64.5 Å². The molecule has 0 radical (unpaired) electrons. The fourth-order valence-corrected chi connectivity index (χ4v) is 2.78. The Kier molecular flexibility index (Phi) is 4.60. The normalized spacial score (nSPS) is 16.8. The van der Waals surface area contributed by atoms with E-state index < -0.39 is 0 Å². The van der Waals surface area contributed by atoms with Crippen LogP contribution in [0.2, 0.25) is 0 Å². The Balaban J connectivity index is 1.85. The van der Waals surface area contributed by atoms with E-state index in [1.807, 2.05) is 0 Å². The molecule has 0 spiro atoms. The highest BCUT2D eigenvalue weighted by atomic mass is 15.1. The third-order valence-corrected chi connectivity index (χ3v) is 3.96. The highest BCUT2D eigenvalue weighted by molar-refractivity contribution is 5.16. The van der Waals surface area contributed by atoms with Crippen LogP contribution in [0.3, 0.4) is 0 Å². The van der Waals surface area contributed by atoms with Crippen molar-refractivity contribution in [2.24, 2.45) is 0 Å². The molecule has 2 rings (SSSR count). The monoisotopic (exact) mass is 235 g/mol. The first-order valence-electron chi connectivity index (χ1n) is 7.05. The number of hydrogen-bond donors (Lipinski definition) is 1. The quantitative estimate of drug-likeness (QED) is 0.821. The van der Waals surface area contributed by atoms with E-state index in [4.69, 9.17) is 0 Å². The van der Waals surface area contributed by atoms with Crippen molar-refractivity contribution in [3.05, 3.63) is 17.7 Å². The van der Waals surface area contributed by atoms with Crippen LogP contribution in [-0.2, 0) is 19.4 Å². The first kappa shape index (κ1) is 12.6. The molecule has 1 unspecified atom stereocenters. The zero-order valence-corrected chi connectivity index (χ0v) is 11.2. The van der Waals surface area contributed by atoms with E-state index in [-0.39, 0.29) is 0 Å². The second-order valence-corrected chi connectivity index (χ2v) is 5.07. The van der Waals surface area contributed by atoms with Gasteiger partial charge in [0.1, 0.15) is 0 Å². The van der Waals surface area contributed by atoms with E-state index >= 15 is 0 Å². The molecule has 0 saturated carbocycles. The molecule has 1 atom stereocenters. The molecule has 3 nitrogen and oxygen atoms in total. The van der Waals surface area contributed by atoms with E-state index in [9.17, 15) is 0 Å². The molecular formula is C14H25N3. The summed E-state index contributed by atoms with van der Waals surface area (Å²) in [6.07, 6.45) is 10.9. The first-order valence-corrected chi connectivity index (χ1v) is 7.05. The molecule has 1 aromatic rings. The molecule has 17 heavy (non-hydrogen) atoms. The zero-order chi connectivity index (χ0) is 12.1. The molecule has 1 heterocycles. The maximum Gasteiger partial charge on any atom is 0.0951 e. The summed E-state index contributed by atoms with van der Waals surface area (Å²) in [5.41, 5.74) is 2.87. The topological polar surface area (TPSA) is 29.9 Å². The molecule has 0 aliphatic heterocycles. The van der Waals surface area contributed by atoms with Gasteiger partial charge in [-0.1, -0.05) is 6.92 Å². The zero-order valence-electron chi connectivity index (χ0n) is 11.2. The van der Waals surface area contributed by atoms with Gasteiger partial charge in [-0.2, -0.15) is 0 Å². The van der Waals surface area contributed by atoms with Crippen molar-refractivity contribution in [2.75, 3.05) is 7.05 Å². The van der Waals surface area contributed by atoms with Gasteiger partial charge in [-0.15, -0.1) is 0 Å². The highest BCUT2D eigenvalue weighted by Crippen LogP contribution is 2.20. The maximum atomic E-state index is 4.54. The number of aromatic nitrogens is 2. The Morgan fingerprint density at radius 3 is 3.00 bits per heavy atom.